The molecule has 214 valence electrons. The Morgan fingerprint density at radius 1 is 0.409 bits per heavy atom. The van der Waals surface area contributed by atoms with Crippen LogP contribution >= 0.6 is 23.2 Å². The van der Waals surface area contributed by atoms with Gasteiger partial charge in [-0.1, -0.05) is 120 Å². The van der Waals surface area contributed by atoms with Crippen LogP contribution in [-0.4, -0.2) is 12.3 Å². The van der Waals surface area contributed by atoms with E-state index in [2.05, 4.69) is 0 Å². The third-order valence-corrected chi connectivity index (χ3v) is 7.86. The Hall–Kier alpha value is -5.30. The zero-order valence-electron chi connectivity index (χ0n) is 22.8. The third kappa shape index (κ3) is 5.00. The predicted octanol–water partition coefficient (Wildman–Crippen LogP) is 10.8. The van der Waals surface area contributed by atoms with E-state index in [0.29, 0.717) is 33.0 Å². The Kier molecular flexibility index (Phi) is 7.14. The Morgan fingerprint density at radius 3 is 1.30 bits per heavy atom. The molecule has 7 aromatic carbocycles. The lowest BCUT2D eigenvalue weighted by Gasteiger charge is -2.18. The van der Waals surface area contributed by atoms with Crippen molar-refractivity contribution in [2.75, 3.05) is 0 Å². The van der Waals surface area contributed by atoms with E-state index < -0.39 is 12.3 Å². The zero-order chi connectivity index (χ0) is 30.2. The molecular formula is C36H20Cl2O6. The molecule has 7 aromatic rings. The fourth-order valence-electron chi connectivity index (χ4n) is 5.33. The SMILES string of the molecule is O=C(Oc1cccc2ccccc12)Oc1c2cccc(Cl)c2c(OC(=O)Oc2cccc3ccccc23)c2c(Cl)cccc12. The van der Waals surface area contributed by atoms with Crippen molar-refractivity contribution in [3.8, 4) is 23.0 Å². The normalized spacial score (nSPS) is 11.1. The van der Waals surface area contributed by atoms with Gasteiger partial charge in [-0.3, -0.25) is 0 Å². The van der Waals surface area contributed by atoms with Crippen LogP contribution in [0.4, 0.5) is 9.59 Å². The first-order chi connectivity index (χ1) is 21.5. The number of fused-ring (bicyclic) bond motifs is 4. The first-order valence-electron chi connectivity index (χ1n) is 13.5. The maximum Gasteiger partial charge on any atom is 0.519 e. The Bertz CT molecular complexity index is 2190. The molecule has 44 heavy (non-hydrogen) atoms. The number of rotatable bonds is 4. The minimum Gasteiger partial charge on any atom is -0.394 e. The fraction of sp³-hybridized carbons (Fsp3) is 0. The molecule has 0 saturated carbocycles. The molecule has 0 aliphatic rings. The van der Waals surface area contributed by atoms with Crippen molar-refractivity contribution in [3.05, 3.63) is 131 Å². The Morgan fingerprint density at radius 2 is 0.795 bits per heavy atom. The number of carbonyl (C=O) groups excluding carboxylic acids is 2. The van der Waals surface area contributed by atoms with Gasteiger partial charge in [0.1, 0.15) is 11.5 Å². The highest BCUT2D eigenvalue weighted by molar-refractivity contribution is 6.40. The molecule has 0 radical (unpaired) electrons. The second-order valence-electron chi connectivity index (χ2n) is 9.85. The summed E-state index contributed by atoms with van der Waals surface area (Å²) in [4.78, 5) is 26.5. The van der Waals surface area contributed by atoms with E-state index in [9.17, 15) is 9.59 Å². The zero-order valence-corrected chi connectivity index (χ0v) is 24.3. The van der Waals surface area contributed by atoms with Gasteiger partial charge in [0.15, 0.2) is 11.5 Å². The van der Waals surface area contributed by atoms with Crippen LogP contribution in [0, 0.1) is 0 Å². The summed E-state index contributed by atoms with van der Waals surface area (Å²) < 4.78 is 23.0. The molecule has 0 unspecified atom stereocenters. The first-order valence-corrected chi connectivity index (χ1v) is 14.3. The lowest BCUT2D eigenvalue weighted by molar-refractivity contribution is 0.151. The van der Waals surface area contributed by atoms with Crippen LogP contribution < -0.4 is 18.9 Å². The second-order valence-corrected chi connectivity index (χ2v) is 10.7. The largest absolute Gasteiger partial charge is 0.519 e. The molecule has 0 bridgehead atoms. The van der Waals surface area contributed by atoms with Crippen LogP contribution in [-0.2, 0) is 0 Å². The van der Waals surface area contributed by atoms with Gasteiger partial charge < -0.3 is 18.9 Å². The molecule has 0 N–H and O–H groups in total. The molecule has 0 aromatic heterocycles. The molecule has 0 heterocycles. The van der Waals surface area contributed by atoms with Crippen LogP contribution in [0.2, 0.25) is 10.0 Å². The van der Waals surface area contributed by atoms with Crippen molar-refractivity contribution < 1.29 is 28.5 Å². The van der Waals surface area contributed by atoms with Gasteiger partial charge in [0.25, 0.3) is 0 Å². The highest BCUT2D eigenvalue weighted by Gasteiger charge is 2.25. The summed E-state index contributed by atoms with van der Waals surface area (Å²) in [6.45, 7) is 0. The number of ether oxygens (including phenoxy) is 4. The smallest absolute Gasteiger partial charge is 0.394 e. The van der Waals surface area contributed by atoms with E-state index >= 15 is 0 Å². The maximum absolute atomic E-state index is 13.3. The molecule has 6 nitrogen and oxygen atoms in total. The highest BCUT2D eigenvalue weighted by Crippen LogP contribution is 2.48. The van der Waals surface area contributed by atoms with Crippen LogP contribution in [0.1, 0.15) is 0 Å². The molecule has 7 rings (SSSR count). The Balaban J connectivity index is 1.30. The van der Waals surface area contributed by atoms with E-state index in [0.717, 1.165) is 21.5 Å². The molecule has 0 fully saturated rings. The summed E-state index contributed by atoms with van der Waals surface area (Å²) in [5, 5.41) is 5.18. The summed E-state index contributed by atoms with van der Waals surface area (Å²) >= 11 is 13.4. The van der Waals surface area contributed by atoms with Gasteiger partial charge in [0.2, 0.25) is 0 Å². The van der Waals surface area contributed by atoms with E-state index in [1.807, 2.05) is 60.7 Å². The molecule has 0 spiro atoms. The summed E-state index contributed by atoms with van der Waals surface area (Å²) in [6, 6.07) is 35.9. The Labute approximate surface area is 260 Å². The lowest BCUT2D eigenvalue weighted by atomic mass is 10.0. The van der Waals surface area contributed by atoms with Crippen molar-refractivity contribution >= 4 is 78.6 Å². The van der Waals surface area contributed by atoms with Crippen molar-refractivity contribution in [1.29, 1.82) is 0 Å². The summed E-state index contributed by atoms with van der Waals surface area (Å²) in [6.07, 6.45) is -1.96. The van der Waals surface area contributed by atoms with Crippen molar-refractivity contribution in [1.82, 2.24) is 0 Å². The van der Waals surface area contributed by atoms with E-state index in [-0.39, 0.29) is 21.5 Å². The molecular weight excluding hydrogens is 599 g/mol. The van der Waals surface area contributed by atoms with Gasteiger partial charge in [-0.05, 0) is 35.0 Å². The molecule has 8 heteroatoms. The summed E-state index contributed by atoms with van der Waals surface area (Å²) in [5.74, 6) is 0.871. The van der Waals surface area contributed by atoms with Crippen LogP contribution in [0.3, 0.4) is 0 Å². The van der Waals surface area contributed by atoms with Gasteiger partial charge in [-0.25, -0.2) is 9.59 Å². The van der Waals surface area contributed by atoms with Crippen LogP contribution in [0.25, 0.3) is 43.1 Å². The first kappa shape index (κ1) is 27.5. The van der Waals surface area contributed by atoms with Crippen molar-refractivity contribution in [3.63, 3.8) is 0 Å². The fourth-order valence-corrected chi connectivity index (χ4v) is 5.85. The van der Waals surface area contributed by atoms with Crippen LogP contribution in [0.5, 0.6) is 23.0 Å². The maximum atomic E-state index is 13.3. The van der Waals surface area contributed by atoms with Gasteiger partial charge in [-0.2, -0.15) is 0 Å². The van der Waals surface area contributed by atoms with E-state index in [4.69, 9.17) is 42.1 Å². The quantitative estimate of drug-likeness (QED) is 0.111. The van der Waals surface area contributed by atoms with E-state index in [1.54, 1.807) is 60.7 Å². The van der Waals surface area contributed by atoms with Gasteiger partial charge in [0.05, 0.1) is 10.0 Å². The highest BCUT2D eigenvalue weighted by atomic mass is 35.5. The number of halogens is 2. The number of carbonyl (C=O) groups is 2. The standard InChI is InChI=1S/C36H20Cl2O6/c37-27-17-7-15-25-31(27)34(44-36(40)42-30-20-6-12-22-10-2-4-14-24(22)30)32-26(16-8-18-28(32)38)33(25)43-35(39)41-29-19-5-11-21-9-1-3-13-23(21)29/h1-20H. The average molecular weight is 619 g/mol. The second kappa shape index (κ2) is 11.4. The summed E-state index contributed by atoms with van der Waals surface area (Å²) in [5.41, 5.74) is 0. The third-order valence-electron chi connectivity index (χ3n) is 7.23. The molecule has 0 atom stereocenters. The van der Waals surface area contributed by atoms with Crippen molar-refractivity contribution in [2.24, 2.45) is 0 Å². The van der Waals surface area contributed by atoms with Gasteiger partial charge in [0, 0.05) is 32.3 Å². The molecule has 0 aliphatic heterocycles. The number of hydrogen-bond donors (Lipinski definition) is 0. The van der Waals surface area contributed by atoms with Crippen LogP contribution in [0.15, 0.2) is 121 Å². The van der Waals surface area contributed by atoms with Crippen molar-refractivity contribution in [2.45, 2.75) is 0 Å². The minimum atomic E-state index is -0.993. The molecule has 0 saturated heterocycles. The topological polar surface area (TPSA) is 71.1 Å². The van der Waals surface area contributed by atoms with Gasteiger partial charge in [-0.15, -0.1) is 0 Å². The minimum absolute atomic E-state index is 0.0613. The molecule has 0 amide bonds. The van der Waals surface area contributed by atoms with Gasteiger partial charge >= 0.3 is 12.3 Å². The monoisotopic (exact) mass is 618 g/mol. The number of hydrogen-bond acceptors (Lipinski definition) is 6. The molecule has 0 aliphatic carbocycles. The number of benzene rings is 7. The summed E-state index contributed by atoms with van der Waals surface area (Å²) in [7, 11) is 0. The predicted molar refractivity (Wildman–Crippen MR) is 173 cm³/mol. The van der Waals surface area contributed by atoms with E-state index in [1.165, 1.54) is 0 Å². The average Bonchev–Trinajstić information content (AvgIpc) is 3.03. The lowest BCUT2D eigenvalue weighted by Crippen LogP contribution is -2.16.